The highest BCUT2D eigenvalue weighted by atomic mass is 32.2. The number of benzene rings is 1. The third-order valence-electron chi connectivity index (χ3n) is 2.92. The van der Waals surface area contributed by atoms with E-state index in [9.17, 15) is 12.8 Å². The number of nitrogens with one attached hydrogen (secondary N) is 2. The van der Waals surface area contributed by atoms with Crippen LogP contribution in [0.5, 0.6) is 0 Å². The van der Waals surface area contributed by atoms with E-state index in [1.54, 1.807) is 6.92 Å². The zero-order chi connectivity index (χ0) is 15.1. The molecule has 108 valence electrons. The van der Waals surface area contributed by atoms with E-state index in [4.69, 9.17) is 5.73 Å². The van der Waals surface area contributed by atoms with E-state index in [2.05, 4.69) is 14.9 Å². The molecule has 0 saturated heterocycles. The molecule has 1 aromatic heterocycles. The van der Waals surface area contributed by atoms with E-state index in [1.165, 1.54) is 26.0 Å². The number of nitrogens with zero attached hydrogens (tertiary/aromatic N) is 1. The van der Waals surface area contributed by atoms with Crippen LogP contribution in [0.1, 0.15) is 16.8 Å². The van der Waals surface area contributed by atoms with Crippen molar-refractivity contribution in [2.24, 2.45) is 0 Å². The Morgan fingerprint density at radius 3 is 2.25 bits per heavy atom. The van der Waals surface area contributed by atoms with Crippen LogP contribution in [0.25, 0.3) is 0 Å². The number of aromatic nitrogens is 2. The Bertz CT molecular complexity index is 745. The number of aromatic amines is 1. The summed E-state index contributed by atoms with van der Waals surface area (Å²) in [6.07, 6.45) is 0. The topological polar surface area (TPSA) is 101 Å². The molecular weight excluding hydrogens is 283 g/mol. The molecule has 0 radical (unpaired) electrons. The van der Waals surface area contributed by atoms with Crippen LogP contribution >= 0.6 is 0 Å². The molecule has 20 heavy (non-hydrogen) atoms. The Labute approximate surface area is 116 Å². The van der Waals surface area contributed by atoms with E-state index in [0.29, 0.717) is 16.8 Å². The van der Waals surface area contributed by atoms with Gasteiger partial charge >= 0.3 is 0 Å². The van der Waals surface area contributed by atoms with Gasteiger partial charge in [0.05, 0.1) is 16.3 Å². The molecule has 1 aromatic carbocycles. The Morgan fingerprint density at radius 1 is 1.25 bits per heavy atom. The van der Waals surface area contributed by atoms with Crippen LogP contribution in [0.3, 0.4) is 0 Å². The largest absolute Gasteiger partial charge is 0.394 e. The average molecular weight is 298 g/mol. The summed E-state index contributed by atoms with van der Waals surface area (Å²) in [7, 11) is -3.88. The van der Waals surface area contributed by atoms with Crippen molar-refractivity contribution in [1.82, 2.24) is 10.2 Å². The fraction of sp³-hybridized carbons (Fsp3) is 0.250. The summed E-state index contributed by atoms with van der Waals surface area (Å²) in [6, 6.07) is 2.33. The molecule has 0 fully saturated rings. The third kappa shape index (κ3) is 2.46. The SMILES string of the molecule is Cc1cc(F)cc(C)c1S(=O)(=O)Nc1n[nH]c(C)c1N. The molecule has 4 N–H and O–H groups in total. The second kappa shape index (κ2) is 4.78. The summed E-state index contributed by atoms with van der Waals surface area (Å²) in [5.74, 6) is -0.445. The third-order valence-corrected chi connectivity index (χ3v) is 4.56. The molecule has 0 unspecified atom stereocenters. The quantitative estimate of drug-likeness (QED) is 0.805. The minimum absolute atomic E-state index is 0.0268. The highest BCUT2D eigenvalue weighted by molar-refractivity contribution is 7.92. The Balaban J connectivity index is 2.49. The van der Waals surface area contributed by atoms with Gasteiger partial charge in [0.25, 0.3) is 10.0 Å². The maximum absolute atomic E-state index is 13.2. The molecule has 0 aliphatic rings. The number of halogens is 1. The molecule has 0 amide bonds. The number of aryl methyl sites for hydroxylation is 3. The van der Waals surface area contributed by atoms with Gasteiger partial charge in [0.2, 0.25) is 0 Å². The molecular formula is C12H15FN4O2S. The number of rotatable bonds is 3. The summed E-state index contributed by atoms with van der Waals surface area (Å²) >= 11 is 0. The lowest BCUT2D eigenvalue weighted by atomic mass is 10.1. The van der Waals surface area contributed by atoms with Crippen LogP contribution < -0.4 is 10.5 Å². The summed E-state index contributed by atoms with van der Waals surface area (Å²) in [5, 5.41) is 6.38. The van der Waals surface area contributed by atoms with Gasteiger partial charge in [0, 0.05) is 0 Å². The molecule has 0 aliphatic heterocycles. The van der Waals surface area contributed by atoms with Crippen LogP contribution in [0.4, 0.5) is 15.9 Å². The highest BCUT2D eigenvalue weighted by Crippen LogP contribution is 2.26. The normalized spacial score (nSPS) is 11.6. The van der Waals surface area contributed by atoms with E-state index < -0.39 is 15.8 Å². The predicted octanol–water partition coefficient (Wildman–Crippen LogP) is 1.86. The fourth-order valence-electron chi connectivity index (χ4n) is 2.02. The maximum atomic E-state index is 13.2. The first-order valence-electron chi connectivity index (χ1n) is 5.82. The number of nitrogens with two attached hydrogens (primary N) is 1. The lowest BCUT2D eigenvalue weighted by Crippen LogP contribution is -2.17. The zero-order valence-electron chi connectivity index (χ0n) is 11.3. The van der Waals surface area contributed by atoms with Gasteiger partial charge in [-0.3, -0.25) is 9.82 Å². The number of anilines is 2. The maximum Gasteiger partial charge on any atom is 0.263 e. The molecule has 1 heterocycles. The van der Waals surface area contributed by atoms with Gasteiger partial charge in [0.1, 0.15) is 5.82 Å². The summed E-state index contributed by atoms with van der Waals surface area (Å²) < 4.78 is 40.3. The van der Waals surface area contributed by atoms with Crippen molar-refractivity contribution in [2.45, 2.75) is 25.7 Å². The van der Waals surface area contributed by atoms with Crippen LogP contribution in [0.15, 0.2) is 17.0 Å². The van der Waals surface area contributed by atoms with Crippen molar-refractivity contribution in [1.29, 1.82) is 0 Å². The van der Waals surface area contributed by atoms with E-state index >= 15 is 0 Å². The number of hydrogen-bond acceptors (Lipinski definition) is 4. The molecule has 2 aromatic rings. The lowest BCUT2D eigenvalue weighted by Gasteiger charge is -2.12. The molecule has 0 atom stereocenters. The standard InChI is InChI=1S/C12H15FN4O2S/c1-6-4-9(13)5-7(2)11(6)20(18,19)17-12-10(14)8(3)15-16-12/h4-5H,14H2,1-3H3,(H2,15,16,17). The molecule has 6 nitrogen and oxygen atoms in total. The number of hydrogen-bond donors (Lipinski definition) is 3. The van der Waals surface area contributed by atoms with Crippen LogP contribution in [-0.4, -0.2) is 18.6 Å². The highest BCUT2D eigenvalue weighted by Gasteiger charge is 2.22. The van der Waals surface area contributed by atoms with Crippen molar-refractivity contribution < 1.29 is 12.8 Å². The van der Waals surface area contributed by atoms with E-state index in [1.807, 2.05) is 0 Å². The van der Waals surface area contributed by atoms with E-state index in [0.717, 1.165) is 0 Å². The van der Waals surface area contributed by atoms with Gasteiger partial charge in [-0.05, 0) is 44.0 Å². The Kier molecular flexibility index (Phi) is 3.43. The van der Waals surface area contributed by atoms with Crippen molar-refractivity contribution in [3.8, 4) is 0 Å². The Hall–Kier alpha value is -2.09. The Morgan fingerprint density at radius 2 is 1.80 bits per heavy atom. The minimum atomic E-state index is -3.88. The molecule has 2 rings (SSSR count). The molecule has 0 aliphatic carbocycles. The number of nitrogen functional groups attached to an aromatic ring is 1. The van der Waals surface area contributed by atoms with E-state index in [-0.39, 0.29) is 16.4 Å². The van der Waals surface area contributed by atoms with Gasteiger partial charge in [-0.1, -0.05) is 0 Å². The minimum Gasteiger partial charge on any atom is -0.394 e. The van der Waals surface area contributed by atoms with Gasteiger partial charge in [-0.15, -0.1) is 0 Å². The van der Waals surface area contributed by atoms with Gasteiger partial charge in [0.15, 0.2) is 5.82 Å². The molecule has 0 spiro atoms. The molecule has 8 heteroatoms. The van der Waals surface area contributed by atoms with Crippen molar-refractivity contribution in [3.63, 3.8) is 0 Å². The molecule has 0 saturated carbocycles. The fourth-order valence-corrected chi connectivity index (χ4v) is 3.49. The smallest absolute Gasteiger partial charge is 0.263 e. The van der Waals surface area contributed by atoms with Gasteiger partial charge in [-0.2, -0.15) is 5.10 Å². The molecule has 0 bridgehead atoms. The number of sulfonamides is 1. The zero-order valence-corrected chi connectivity index (χ0v) is 12.1. The van der Waals surface area contributed by atoms with Crippen LogP contribution in [0, 0.1) is 26.6 Å². The van der Waals surface area contributed by atoms with Gasteiger partial charge in [-0.25, -0.2) is 12.8 Å². The first kappa shape index (κ1) is 14.3. The van der Waals surface area contributed by atoms with Crippen LogP contribution in [-0.2, 0) is 10.0 Å². The second-order valence-corrected chi connectivity index (χ2v) is 6.20. The summed E-state index contributed by atoms with van der Waals surface area (Å²) in [4.78, 5) is 0.0268. The van der Waals surface area contributed by atoms with Crippen molar-refractivity contribution in [3.05, 3.63) is 34.8 Å². The first-order chi connectivity index (χ1) is 9.22. The summed E-state index contributed by atoms with van der Waals surface area (Å²) in [6.45, 7) is 4.74. The van der Waals surface area contributed by atoms with Crippen LogP contribution in [0.2, 0.25) is 0 Å². The van der Waals surface area contributed by atoms with Crippen molar-refractivity contribution in [2.75, 3.05) is 10.5 Å². The summed E-state index contributed by atoms with van der Waals surface area (Å²) in [5.41, 5.74) is 7.14. The number of H-pyrrole nitrogens is 1. The van der Waals surface area contributed by atoms with Gasteiger partial charge < -0.3 is 5.73 Å². The second-order valence-electron chi connectivity index (χ2n) is 4.59. The monoisotopic (exact) mass is 298 g/mol. The lowest BCUT2D eigenvalue weighted by molar-refractivity contribution is 0.597. The first-order valence-corrected chi connectivity index (χ1v) is 7.30. The average Bonchev–Trinajstić information content (AvgIpc) is 2.58. The van der Waals surface area contributed by atoms with Crippen molar-refractivity contribution >= 4 is 21.5 Å². The predicted molar refractivity (Wildman–Crippen MR) is 74.4 cm³/mol.